The van der Waals surface area contributed by atoms with Crippen LogP contribution in [-0.2, 0) is 9.59 Å². The van der Waals surface area contributed by atoms with Crippen LogP contribution in [0.2, 0.25) is 10.0 Å². The summed E-state index contributed by atoms with van der Waals surface area (Å²) in [6.07, 6.45) is 1.33. The number of carbonyl (C=O) groups is 2. The molecular weight excluding hydrogens is 277 g/mol. The summed E-state index contributed by atoms with van der Waals surface area (Å²) >= 11 is 11.6. The minimum absolute atomic E-state index is 0.374. The number of likely N-dealkylation sites (N-methyl/N-ethyl adjacent to an activating group) is 1. The fraction of sp³-hybridized carbons (Fsp3) is 0.182. The summed E-state index contributed by atoms with van der Waals surface area (Å²) in [7, 11) is 0. The molecule has 1 rings (SSSR count). The van der Waals surface area contributed by atoms with Gasteiger partial charge in [-0.25, -0.2) is 5.43 Å². The molecule has 0 radical (unpaired) electrons. The van der Waals surface area contributed by atoms with E-state index in [1.807, 2.05) is 0 Å². The molecule has 1 aromatic rings. The molecule has 18 heavy (non-hydrogen) atoms. The fourth-order valence-electron chi connectivity index (χ4n) is 1.06. The van der Waals surface area contributed by atoms with Gasteiger partial charge in [-0.1, -0.05) is 29.3 Å². The molecule has 2 N–H and O–H groups in total. The summed E-state index contributed by atoms with van der Waals surface area (Å²) in [6.45, 7) is 2.08. The van der Waals surface area contributed by atoms with Gasteiger partial charge in [-0.3, -0.25) is 9.59 Å². The SMILES string of the molecule is CCNC(=O)C(=O)N/N=C\c1ccc(Cl)cc1Cl. The van der Waals surface area contributed by atoms with Gasteiger partial charge in [0.05, 0.1) is 11.2 Å². The average molecular weight is 288 g/mol. The van der Waals surface area contributed by atoms with E-state index in [4.69, 9.17) is 23.2 Å². The van der Waals surface area contributed by atoms with Crippen molar-refractivity contribution in [3.8, 4) is 0 Å². The Balaban J connectivity index is 2.60. The lowest BCUT2D eigenvalue weighted by molar-refractivity contribution is -0.139. The van der Waals surface area contributed by atoms with Crippen molar-refractivity contribution in [2.24, 2.45) is 5.10 Å². The van der Waals surface area contributed by atoms with Crippen LogP contribution in [0.3, 0.4) is 0 Å². The quantitative estimate of drug-likeness (QED) is 0.503. The highest BCUT2D eigenvalue weighted by Crippen LogP contribution is 2.19. The number of nitrogens with one attached hydrogen (secondary N) is 2. The monoisotopic (exact) mass is 287 g/mol. The van der Waals surface area contributed by atoms with E-state index in [9.17, 15) is 9.59 Å². The molecule has 2 amide bonds. The Morgan fingerprint density at radius 1 is 1.33 bits per heavy atom. The molecule has 0 unspecified atom stereocenters. The second-order valence-electron chi connectivity index (χ2n) is 3.22. The van der Waals surface area contributed by atoms with Crippen LogP contribution < -0.4 is 10.7 Å². The number of benzene rings is 1. The van der Waals surface area contributed by atoms with Crippen molar-refractivity contribution in [2.75, 3.05) is 6.54 Å². The topological polar surface area (TPSA) is 70.6 Å². The number of hydrogen-bond acceptors (Lipinski definition) is 3. The number of rotatable bonds is 3. The highest BCUT2D eigenvalue weighted by Gasteiger charge is 2.10. The third-order valence-corrected chi connectivity index (χ3v) is 2.44. The number of halogens is 2. The van der Waals surface area contributed by atoms with E-state index in [0.717, 1.165) is 0 Å². The average Bonchev–Trinajstić information content (AvgIpc) is 2.32. The lowest BCUT2D eigenvalue weighted by Crippen LogP contribution is -2.37. The molecule has 0 fully saturated rings. The number of hydrogen-bond donors (Lipinski definition) is 2. The smallest absolute Gasteiger partial charge is 0.329 e. The molecule has 5 nitrogen and oxygen atoms in total. The molecule has 0 aliphatic heterocycles. The molecule has 0 aromatic heterocycles. The molecule has 0 saturated heterocycles. The molecule has 0 aliphatic carbocycles. The summed E-state index contributed by atoms with van der Waals surface area (Å²) < 4.78 is 0. The molecule has 0 heterocycles. The molecule has 0 spiro atoms. The van der Waals surface area contributed by atoms with Gasteiger partial charge in [0.1, 0.15) is 0 Å². The molecule has 1 aromatic carbocycles. The van der Waals surface area contributed by atoms with Crippen molar-refractivity contribution in [1.29, 1.82) is 0 Å². The summed E-state index contributed by atoms with van der Waals surface area (Å²) in [6, 6.07) is 4.84. The second kappa shape index (κ2) is 6.98. The third-order valence-electron chi connectivity index (χ3n) is 1.88. The minimum atomic E-state index is -0.835. The molecular formula is C11H11Cl2N3O2. The molecule has 0 saturated carbocycles. The number of carbonyl (C=O) groups excluding carboxylic acids is 2. The standard InChI is InChI=1S/C11H11Cl2N3O2/c1-2-14-10(17)11(18)16-15-6-7-3-4-8(12)5-9(7)13/h3-6H,2H2,1H3,(H,14,17)(H,16,18)/b15-6-. The van der Waals surface area contributed by atoms with Gasteiger partial charge in [0, 0.05) is 17.1 Å². The van der Waals surface area contributed by atoms with Crippen LogP contribution >= 0.6 is 23.2 Å². The maximum Gasteiger partial charge on any atom is 0.329 e. The van der Waals surface area contributed by atoms with Crippen molar-refractivity contribution in [2.45, 2.75) is 6.92 Å². The number of hydrazone groups is 1. The Bertz CT molecular complexity index is 489. The minimum Gasteiger partial charge on any atom is -0.348 e. The van der Waals surface area contributed by atoms with Crippen molar-refractivity contribution < 1.29 is 9.59 Å². The van der Waals surface area contributed by atoms with Crippen LogP contribution in [0.1, 0.15) is 12.5 Å². The first-order valence-corrected chi connectivity index (χ1v) is 5.86. The fourth-order valence-corrected chi connectivity index (χ4v) is 1.52. The molecule has 7 heteroatoms. The van der Waals surface area contributed by atoms with Crippen LogP contribution in [-0.4, -0.2) is 24.6 Å². The second-order valence-corrected chi connectivity index (χ2v) is 4.07. The van der Waals surface area contributed by atoms with Gasteiger partial charge in [-0.15, -0.1) is 0 Å². The van der Waals surface area contributed by atoms with Gasteiger partial charge < -0.3 is 5.32 Å². The van der Waals surface area contributed by atoms with Gasteiger partial charge in [0.15, 0.2) is 0 Å². The largest absolute Gasteiger partial charge is 0.348 e. The zero-order valence-electron chi connectivity index (χ0n) is 9.54. The number of amides is 2. The van der Waals surface area contributed by atoms with Crippen molar-refractivity contribution in [3.63, 3.8) is 0 Å². The van der Waals surface area contributed by atoms with E-state index in [2.05, 4.69) is 15.8 Å². The zero-order chi connectivity index (χ0) is 13.5. The van der Waals surface area contributed by atoms with Crippen molar-refractivity contribution >= 4 is 41.2 Å². The summed E-state index contributed by atoms with van der Waals surface area (Å²) in [4.78, 5) is 22.2. The molecule has 0 atom stereocenters. The predicted octanol–water partition coefficient (Wildman–Crippen LogP) is 1.58. The van der Waals surface area contributed by atoms with Gasteiger partial charge in [0.25, 0.3) is 0 Å². The summed E-state index contributed by atoms with van der Waals surface area (Å²) in [5.41, 5.74) is 2.67. The normalized spacial score (nSPS) is 10.4. The highest BCUT2D eigenvalue weighted by molar-refractivity contribution is 6.36. The Hall–Kier alpha value is -1.59. The summed E-state index contributed by atoms with van der Waals surface area (Å²) in [5, 5.41) is 6.87. The Labute approximate surface area is 114 Å². The third kappa shape index (κ3) is 4.35. The van der Waals surface area contributed by atoms with E-state index in [1.165, 1.54) is 6.21 Å². The Morgan fingerprint density at radius 3 is 2.67 bits per heavy atom. The van der Waals surface area contributed by atoms with E-state index in [-0.39, 0.29) is 0 Å². The summed E-state index contributed by atoms with van der Waals surface area (Å²) in [5.74, 6) is -1.57. The van der Waals surface area contributed by atoms with E-state index >= 15 is 0 Å². The lowest BCUT2D eigenvalue weighted by Gasteiger charge is -2.00. The van der Waals surface area contributed by atoms with Crippen LogP contribution in [0.15, 0.2) is 23.3 Å². The maximum atomic E-state index is 11.2. The van der Waals surface area contributed by atoms with Gasteiger partial charge in [-0.2, -0.15) is 5.10 Å². The van der Waals surface area contributed by atoms with E-state index in [1.54, 1.807) is 25.1 Å². The first-order chi connectivity index (χ1) is 8.54. The first kappa shape index (κ1) is 14.5. The molecule has 96 valence electrons. The van der Waals surface area contributed by atoms with Gasteiger partial charge in [0.2, 0.25) is 0 Å². The maximum absolute atomic E-state index is 11.2. The Kier molecular flexibility index (Phi) is 5.61. The van der Waals surface area contributed by atoms with Gasteiger partial charge in [-0.05, 0) is 19.1 Å². The van der Waals surface area contributed by atoms with E-state index < -0.39 is 11.8 Å². The molecule has 0 bridgehead atoms. The van der Waals surface area contributed by atoms with Crippen molar-refractivity contribution in [1.82, 2.24) is 10.7 Å². The molecule has 0 aliphatic rings. The highest BCUT2D eigenvalue weighted by atomic mass is 35.5. The Morgan fingerprint density at radius 2 is 2.06 bits per heavy atom. The van der Waals surface area contributed by atoms with Gasteiger partial charge >= 0.3 is 11.8 Å². The number of nitrogens with zero attached hydrogens (tertiary/aromatic N) is 1. The van der Waals surface area contributed by atoms with Crippen molar-refractivity contribution in [3.05, 3.63) is 33.8 Å². The van der Waals surface area contributed by atoms with Crippen LogP contribution in [0.25, 0.3) is 0 Å². The lowest BCUT2D eigenvalue weighted by atomic mass is 10.2. The van der Waals surface area contributed by atoms with E-state index in [0.29, 0.717) is 22.2 Å². The zero-order valence-corrected chi connectivity index (χ0v) is 11.0. The predicted molar refractivity (Wildman–Crippen MR) is 70.9 cm³/mol. The first-order valence-electron chi connectivity index (χ1n) is 5.11. The van der Waals surface area contributed by atoms with Crippen LogP contribution in [0.4, 0.5) is 0 Å². The van der Waals surface area contributed by atoms with Crippen LogP contribution in [0.5, 0.6) is 0 Å². The van der Waals surface area contributed by atoms with Crippen LogP contribution in [0, 0.1) is 0 Å².